The molecule has 0 fully saturated rings. The van der Waals surface area contributed by atoms with Crippen LogP contribution in [0.4, 0.5) is 0 Å². The van der Waals surface area contributed by atoms with Gasteiger partial charge in [0.1, 0.15) is 0 Å². The van der Waals surface area contributed by atoms with Crippen molar-refractivity contribution in [1.29, 1.82) is 0 Å². The summed E-state index contributed by atoms with van der Waals surface area (Å²) in [6.45, 7) is 6.02. The maximum absolute atomic E-state index is 6.41. The van der Waals surface area contributed by atoms with Gasteiger partial charge in [-0.15, -0.1) is 0 Å². The van der Waals surface area contributed by atoms with Crippen molar-refractivity contribution in [2.45, 2.75) is 13.0 Å². The zero-order chi connectivity index (χ0) is 30.9. The lowest BCUT2D eigenvalue weighted by Gasteiger charge is -2.13. The molecule has 1 aromatic heterocycles. The minimum absolute atomic E-state index is 0.412. The van der Waals surface area contributed by atoms with Gasteiger partial charge in [-0.1, -0.05) is 122 Å². The summed E-state index contributed by atoms with van der Waals surface area (Å²) in [6, 6.07) is 43.3. The summed E-state index contributed by atoms with van der Waals surface area (Å²) >= 11 is 0. The molecule has 0 amide bonds. The smallest absolute Gasteiger partial charge is 0.0637 e. The van der Waals surface area contributed by atoms with E-state index in [-0.39, 0.29) is 0 Å². The summed E-state index contributed by atoms with van der Waals surface area (Å²) in [4.78, 5) is 0. The first-order valence-electron chi connectivity index (χ1n) is 15.3. The number of fused-ring (bicyclic) bond motifs is 6. The fourth-order valence-electron chi connectivity index (χ4n) is 6.30. The van der Waals surface area contributed by atoms with E-state index in [1.165, 1.54) is 49.1 Å². The van der Waals surface area contributed by atoms with E-state index < -0.39 is 6.04 Å². The van der Waals surface area contributed by atoms with Gasteiger partial charge in [0.2, 0.25) is 0 Å². The number of nitrogens with zero attached hydrogens (tertiary/aromatic N) is 1. The Morgan fingerprint density at radius 2 is 1.40 bits per heavy atom. The molecule has 0 aliphatic rings. The second kappa shape index (κ2) is 11.8. The number of benzene rings is 6. The zero-order valence-corrected chi connectivity index (χ0v) is 25.3. The summed E-state index contributed by atoms with van der Waals surface area (Å²) in [5.74, 6) is 0. The third-order valence-electron chi connectivity index (χ3n) is 8.62. The average Bonchev–Trinajstić information content (AvgIpc) is 3.43. The average molecular weight is 582 g/mol. The number of aromatic nitrogens is 1. The van der Waals surface area contributed by atoms with Crippen LogP contribution in [0.25, 0.3) is 65.7 Å². The van der Waals surface area contributed by atoms with Crippen LogP contribution < -0.4 is 11.5 Å². The van der Waals surface area contributed by atoms with Crippen LogP contribution in [0.3, 0.4) is 0 Å². The Balaban J connectivity index is 1.43. The highest BCUT2D eigenvalue weighted by atomic mass is 15.0. The molecule has 45 heavy (non-hydrogen) atoms. The van der Waals surface area contributed by atoms with Crippen LogP contribution in [0.1, 0.15) is 12.5 Å². The molecule has 0 aliphatic heterocycles. The highest BCUT2D eigenvalue weighted by molar-refractivity contribution is 6.19. The molecule has 218 valence electrons. The van der Waals surface area contributed by atoms with Crippen molar-refractivity contribution in [1.82, 2.24) is 4.57 Å². The van der Waals surface area contributed by atoms with Crippen molar-refractivity contribution in [2.24, 2.45) is 11.5 Å². The quantitative estimate of drug-likeness (QED) is 0.184. The van der Waals surface area contributed by atoms with Gasteiger partial charge in [-0.05, 0) is 81.8 Å². The molecule has 1 heterocycles. The second-order valence-electron chi connectivity index (χ2n) is 11.4. The van der Waals surface area contributed by atoms with E-state index in [9.17, 15) is 0 Å². The van der Waals surface area contributed by atoms with Crippen LogP contribution in [0.15, 0.2) is 164 Å². The standard InChI is InChI=1S/C42H35N3/c1-3-5-15-39(43)40(44)26-28(4-2)31-18-21-36-34(25-31)20-23-38-37-22-19-33(32-17-16-29-11-9-10-12-30(29)24-32)27-41(37)45(42(36)38)35-13-7-6-8-14-35/h3-27,40H,2,43-44H2,1H3/b5-3-,28-26+,39-15-. The third-order valence-corrected chi connectivity index (χ3v) is 8.62. The van der Waals surface area contributed by atoms with Crippen LogP contribution in [0.2, 0.25) is 0 Å². The molecule has 0 aliphatic carbocycles. The molecule has 7 aromatic rings. The number of hydrogen-bond acceptors (Lipinski definition) is 2. The lowest BCUT2D eigenvalue weighted by Crippen LogP contribution is -2.25. The van der Waals surface area contributed by atoms with Gasteiger partial charge in [0.15, 0.2) is 0 Å². The fourth-order valence-corrected chi connectivity index (χ4v) is 6.30. The predicted molar refractivity (Wildman–Crippen MR) is 194 cm³/mol. The summed E-state index contributed by atoms with van der Waals surface area (Å²) < 4.78 is 2.41. The number of hydrogen-bond donors (Lipinski definition) is 2. The fraction of sp³-hybridized carbons (Fsp3) is 0.0476. The highest BCUT2D eigenvalue weighted by Crippen LogP contribution is 2.39. The normalized spacial score (nSPS) is 13.4. The van der Waals surface area contributed by atoms with Gasteiger partial charge in [0.25, 0.3) is 0 Å². The molecule has 3 nitrogen and oxygen atoms in total. The minimum atomic E-state index is -0.412. The van der Waals surface area contributed by atoms with Crippen LogP contribution in [-0.2, 0) is 0 Å². The van der Waals surface area contributed by atoms with Crippen molar-refractivity contribution in [3.05, 3.63) is 170 Å². The molecule has 0 saturated heterocycles. The first-order valence-corrected chi connectivity index (χ1v) is 15.3. The van der Waals surface area contributed by atoms with Crippen LogP contribution in [0, 0.1) is 0 Å². The molecular weight excluding hydrogens is 546 g/mol. The summed E-state index contributed by atoms with van der Waals surface area (Å²) in [7, 11) is 0. The van der Waals surface area contributed by atoms with Crippen molar-refractivity contribution in [2.75, 3.05) is 0 Å². The molecule has 7 rings (SSSR count). The summed E-state index contributed by atoms with van der Waals surface area (Å²) in [6.07, 6.45) is 9.48. The van der Waals surface area contributed by atoms with Gasteiger partial charge in [-0.3, -0.25) is 0 Å². The Labute approximate surface area is 263 Å². The van der Waals surface area contributed by atoms with E-state index in [1.807, 2.05) is 37.3 Å². The molecular formula is C42H35N3. The van der Waals surface area contributed by atoms with E-state index in [1.54, 1.807) is 0 Å². The van der Waals surface area contributed by atoms with Gasteiger partial charge in [0, 0.05) is 27.5 Å². The molecule has 0 bridgehead atoms. The number of rotatable bonds is 7. The Bertz CT molecular complexity index is 2320. The Morgan fingerprint density at radius 1 is 0.711 bits per heavy atom. The topological polar surface area (TPSA) is 57.0 Å². The van der Waals surface area contributed by atoms with E-state index in [2.05, 4.69) is 132 Å². The van der Waals surface area contributed by atoms with Crippen molar-refractivity contribution in [3.8, 4) is 16.8 Å². The first kappa shape index (κ1) is 28.1. The van der Waals surface area contributed by atoms with E-state index >= 15 is 0 Å². The Morgan fingerprint density at radius 3 is 2.20 bits per heavy atom. The van der Waals surface area contributed by atoms with Gasteiger partial charge in [-0.2, -0.15) is 0 Å². The van der Waals surface area contributed by atoms with Gasteiger partial charge in [-0.25, -0.2) is 0 Å². The third kappa shape index (κ3) is 5.14. The van der Waals surface area contributed by atoms with Crippen molar-refractivity contribution in [3.63, 3.8) is 0 Å². The minimum Gasteiger partial charge on any atom is -0.400 e. The van der Waals surface area contributed by atoms with Gasteiger partial charge >= 0.3 is 0 Å². The molecule has 6 aromatic carbocycles. The Hall–Kier alpha value is -5.64. The number of allylic oxidation sites excluding steroid dienone is 5. The van der Waals surface area contributed by atoms with E-state index in [0.717, 1.165) is 22.2 Å². The first-order chi connectivity index (χ1) is 22.1. The maximum atomic E-state index is 6.41. The monoisotopic (exact) mass is 581 g/mol. The van der Waals surface area contributed by atoms with Crippen LogP contribution in [-0.4, -0.2) is 10.6 Å². The molecule has 1 atom stereocenters. The van der Waals surface area contributed by atoms with Gasteiger partial charge < -0.3 is 16.0 Å². The molecule has 0 radical (unpaired) electrons. The van der Waals surface area contributed by atoms with E-state index in [0.29, 0.717) is 5.70 Å². The molecule has 0 saturated carbocycles. The van der Waals surface area contributed by atoms with Gasteiger partial charge in [0.05, 0.1) is 17.1 Å². The molecule has 4 N–H and O–H groups in total. The molecule has 0 spiro atoms. The van der Waals surface area contributed by atoms with Crippen molar-refractivity contribution < 1.29 is 0 Å². The van der Waals surface area contributed by atoms with E-state index in [4.69, 9.17) is 11.5 Å². The zero-order valence-electron chi connectivity index (χ0n) is 25.3. The highest BCUT2D eigenvalue weighted by Gasteiger charge is 2.17. The Kier molecular flexibility index (Phi) is 7.38. The van der Waals surface area contributed by atoms with Crippen LogP contribution >= 0.6 is 0 Å². The summed E-state index contributed by atoms with van der Waals surface area (Å²) in [5.41, 5.74) is 21.1. The SMILES string of the molecule is C=C/C(=C\C(N)/C(N)=C/C=C\C)c1ccc2c(ccc3c4ccc(-c5ccc6ccccc6c5)cc4n(-c4ccccc4)c23)c1. The molecule has 3 heteroatoms. The largest absolute Gasteiger partial charge is 0.400 e. The second-order valence-corrected chi connectivity index (χ2v) is 11.4. The lowest BCUT2D eigenvalue weighted by atomic mass is 9.97. The molecule has 1 unspecified atom stereocenters. The van der Waals surface area contributed by atoms with Crippen molar-refractivity contribution >= 4 is 48.9 Å². The predicted octanol–water partition coefficient (Wildman–Crippen LogP) is 10.1. The number of para-hydroxylation sites is 1. The lowest BCUT2D eigenvalue weighted by molar-refractivity contribution is 0.933. The maximum Gasteiger partial charge on any atom is 0.0637 e. The number of nitrogens with two attached hydrogens (primary N) is 2. The van der Waals surface area contributed by atoms with Crippen LogP contribution in [0.5, 0.6) is 0 Å². The summed E-state index contributed by atoms with van der Waals surface area (Å²) in [5, 5.41) is 7.27.